The van der Waals surface area contributed by atoms with Crippen LogP contribution in [0.3, 0.4) is 0 Å². The first-order valence-electron chi connectivity index (χ1n) is 8.15. The molecule has 2 aromatic heterocycles. The van der Waals surface area contributed by atoms with Gasteiger partial charge in [-0.05, 0) is 31.9 Å². The quantitative estimate of drug-likeness (QED) is 0.751. The number of aryl methyl sites for hydroxylation is 1. The van der Waals surface area contributed by atoms with Crippen molar-refractivity contribution in [1.29, 1.82) is 0 Å². The van der Waals surface area contributed by atoms with Crippen LogP contribution in [0.1, 0.15) is 25.1 Å². The zero-order valence-corrected chi connectivity index (χ0v) is 13.7. The summed E-state index contributed by atoms with van der Waals surface area (Å²) in [5.41, 5.74) is 0.214. The number of fused-ring (bicyclic) bond motifs is 1. The molecule has 0 spiro atoms. The number of amides is 2. The fourth-order valence-corrected chi connectivity index (χ4v) is 2.98. The Kier molecular flexibility index (Phi) is 4.64. The third-order valence-corrected chi connectivity index (χ3v) is 4.21. The highest BCUT2D eigenvalue weighted by molar-refractivity contribution is 5.78. The summed E-state index contributed by atoms with van der Waals surface area (Å²) in [6, 6.07) is 3.48. The van der Waals surface area contributed by atoms with E-state index in [9.17, 15) is 14.4 Å². The molecule has 1 fully saturated rings. The van der Waals surface area contributed by atoms with E-state index >= 15 is 0 Å². The van der Waals surface area contributed by atoms with Crippen LogP contribution in [0, 0.1) is 6.92 Å². The summed E-state index contributed by atoms with van der Waals surface area (Å²) in [6.07, 6.45) is 4.02. The lowest BCUT2D eigenvalue weighted by molar-refractivity contribution is -0.127. The lowest BCUT2D eigenvalue weighted by atomic mass is 10.4. The molecule has 3 rings (SSSR count). The van der Waals surface area contributed by atoms with Crippen LogP contribution >= 0.6 is 0 Å². The zero-order chi connectivity index (χ0) is 17.1. The predicted octanol–water partition coefficient (Wildman–Crippen LogP) is -0.0669. The van der Waals surface area contributed by atoms with Crippen LogP contribution in [0.25, 0.3) is 5.52 Å². The van der Waals surface area contributed by atoms with Crippen LogP contribution in [0.2, 0.25) is 0 Å². The highest BCUT2D eigenvalue weighted by Gasteiger charge is 2.19. The number of hydrogen-bond donors (Lipinski definition) is 1. The largest absolute Gasteiger partial charge is 0.354 e. The smallest absolute Gasteiger partial charge is 0.291 e. The second kappa shape index (κ2) is 6.86. The number of aromatic nitrogens is 3. The maximum absolute atomic E-state index is 12.3. The van der Waals surface area contributed by atoms with E-state index in [1.54, 1.807) is 29.7 Å². The van der Waals surface area contributed by atoms with Crippen LogP contribution < -0.4 is 10.9 Å². The van der Waals surface area contributed by atoms with E-state index in [-0.39, 0.29) is 23.9 Å². The Bertz CT molecular complexity index is 823. The van der Waals surface area contributed by atoms with E-state index in [0.717, 1.165) is 13.0 Å². The Balaban J connectivity index is 1.52. The Hall–Kier alpha value is -2.64. The summed E-state index contributed by atoms with van der Waals surface area (Å²) in [5, 5.41) is 6.94. The fraction of sp³-hybridized carbons (Fsp3) is 0.500. The van der Waals surface area contributed by atoms with Gasteiger partial charge in [0, 0.05) is 32.3 Å². The van der Waals surface area contributed by atoms with E-state index in [4.69, 9.17) is 0 Å². The molecule has 0 unspecified atom stereocenters. The van der Waals surface area contributed by atoms with Crippen LogP contribution in [-0.4, -0.2) is 50.5 Å². The van der Waals surface area contributed by atoms with Gasteiger partial charge < -0.3 is 10.2 Å². The lowest BCUT2D eigenvalue weighted by Crippen LogP contribution is -2.36. The molecule has 2 aromatic rings. The minimum atomic E-state index is -0.289. The second-order valence-electron chi connectivity index (χ2n) is 5.96. The Morgan fingerprint density at radius 1 is 1.38 bits per heavy atom. The summed E-state index contributed by atoms with van der Waals surface area (Å²) < 4.78 is 2.88. The number of carbonyl (C=O) groups excluding carboxylic acids is 2. The molecule has 1 aliphatic heterocycles. The van der Waals surface area contributed by atoms with Crippen molar-refractivity contribution in [3.8, 4) is 0 Å². The van der Waals surface area contributed by atoms with Crippen molar-refractivity contribution in [1.82, 2.24) is 24.4 Å². The number of carbonyl (C=O) groups is 2. The van der Waals surface area contributed by atoms with Crippen molar-refractivity contribution >= 4 is 17.3 Å². The Morgan fingerprint density at radius 3 is 2.96 bits per heavy atom. The van der Waals surface area contributed by atoms with Gasteiger partial charge in [0.25, 0.3) is 5.56 Å². The molecule has 1 aliphatic rings. The summed E-state index contributed by atoms with van der Waals surface area (Å²) in [6.45, 7) is 3.62. The van der Waals surface area contributed by atoms with Crippen LogP contribution in [0.5, 0.6) is 0 Å². The number of nitrogens with one attached hydrogen (secondary N) is 1. The van der Waals surface area contributed by atoms with Crippen molar-refractivity contribution in [2.24, 2.45) is 0 Å². The van der Waals surface area contributed by atoms with Gasteiger partial charge in [0.1, 0.15) is 17.9 Å². The van der Waals surface area contributed by atoms with E-state index in [1.807, 2.05) is 4.90 Å². The number of hydrogen-bond acceptors (Lipinski definition) is 4. The summed E-state index contributed by atoms with van der Waals surface area (Å²) in [5.74, 6) is 0.579. The maximum atomic E-state index is 12.3. The number of nitrogens with zero attached hydrogens (tertiary/aromatic N) is 4. The minimum absolute atomic E-state index is 0.107. The highest BCUT2D eigenvalue weighted by Crippen LogP contribution is 2.09. The van der Waals surface area contributed by atoms with Gasteiger partial charge in [-0.25, -0.2) is 4.68 Å². The van der Waals surface area contributed by atoms with E-state index in [1.165, 1.54) is 4.68 Å². The molecular weight excluding hydrogens is 310 g/mol. The molecule has 8 heteroatoms. The molecule has 0 saturated carbocycles. The van der Waals surface area contributed by atoms with E-state index in [0.29, 0.717) is 37.3 Å². The SMILES string of the molecule is Cc1nn(CC(=O)NCCCN2CCCC2=O)c(=O)c2cccn12. The molecule has 0 atom stereocenters. The van der Waals surface area contributed by atoms with Gasteiger partial charge in [0.05, 0.1) is 0 Å². The Morgan fingerprint density at radius 2 is 2.21 bits per heavy atom. The number of likely N-dealkylation sites (tertiary alicyclic amines) is 1. The lowest BCUT2D eigenvalue weighted by Gasteiger charge is -2.15. The number of rotatable bonds is 6. The third-order valence-electron chi connectivity index (χ3n) is 4.21. The van der Waals surface area contributed by atoms with Gasteiger partial charge in [0.2, 0.25) is 11.8 Å². The van der Waals surface area contributed by atoms with Crippen molar-refractivity contribution in [3.63, 3.8) is 0 Å². The van der Waals surface area contributed by atoms with Gasteiger partial charge in [-0.15, -0.1) is 0 Å². The molecule has 0 aromatic carbocycles. The normalized spacial score (nSPS) is 14.5. The zero-order valence-electron chi connectivity index (χ0n) is 13.7. The molecule has 8 nitrogen and oxygen atoms in total. The molecule has 128 valence electrons. The third kappa shape index (κ3) is 3.32. The van der Waals surface area contributed by atoms with Gasteiger partial charge in [-0.3, -0.25) is 18.8 Å². The topological polar surface area (TPSA) is 88.7 Å². The molecule has 3 heterocycles. The first kappa shape index (κ1) is 16.2. The van der Waals surface area contributed by atoms with Gasteiger partial charge >= 0.3 is 0 Å². The molecule has 1 saturated heterocycles. The molecule has 0 aliphatic carbocycles. The summed E-state index contributed by atoms with van der Waals surface area (Å²) in [7, 11) is 0. The van der Waals surface area contributed by atoms with Crippen LogP contribution in [0.4, 0.5) is 0 Å². The molecule has 2 amide bonds. The summed E-state index contributed by atoms with van der Waals surface area (Å²) >= 11 is 0. The first-order valence-corrected chi connectivity index (χ1v) is 8.15. The molecule has 24 heavy (non-hydrogen) atoms. The van der Waals surface area contributed by atoms with Crippen molar-refractivity contribution in [2.75, 3.05) is 19.6 Å². The van der Waals surface area contributed by atoms with Gasteiger partial charge in [-0.1, -0.05) is 0 Å². The molecule has 0 bridgehead atoms. The highest BCUT2D eigenvalue weighted by atomic mass is 16.2. The Labute approximate surface area is 139 Å². The summed E-state index contributed by atoms with van der Waals surface area (Å²) in [4.78, 5) is 37.6. The molecule has 0 radical (unpaired) electrons. The van der Waals surface area contributed by atoms with Crippen molar-refractivity contribution in [2.45, 2.75) is 32.7 Å². The molecule has 1 N–H and O–H groups in total. The average Bonchev–Trinajstić information content (AvgIpc) is 3.18. The fourth-order valence-electron chi connectivity index (χ4n) is 2.98. The van der Waals surface area contributed by atoms with Gasteiger partial charge in [-0.2, -0.15) is 5.10 Å². The van der Waals surface area contributed by atoms with Crippen LogP contribution in [0.15, 0.2) is 23.1 Å². The van der Waals surface area contributed by atoms with Crippen LogP contribution in [-0.2, 0) is 16.1 Å². The monoisotopic (exact) mass is 331 g/mol. The van der Waals surface area contributed by atoms with E-state index in [2.05, 4.69) is 10.4 Å². The maximum Gasteiger partial charge on any atom is 0.291 e. The average molecular weight is 331 g/mol. The van der Waals surface area contributed by atoms with Gasteiger partial charge in [0.15, 0.2) is 0 Å². The van der Waals surface area contributed by atoms with Crippen molar-refractivity contribution in [3.05, 3.63) is 34.5 Å². The minimum Gasteiger partial charge on any atom is -0.354 e. The standard InChI is InChI=1S/C16H21N5O3/c1-12-18-21(16(24)13-5-2-10-20(12)13)11-14(22)17-7-4-9-19-8-3-6-15(19)23/h2,5,10H,3-4,6-9,11H2,1H3,(H,17,22). The second-order valence-corrected chi connectivity index (χ2v) is 5.96. The predicted molar refractivity (Wildman–Crippen MR) is 87.6 cm³/mol. The van der Waals surface area contributed by atoms with E-state index < -0.39 is 0 Å². The first-order chi connectivity index (χ1) is 11.6. The molecular formula is C16H21N5O3. The van der Waals surface area contributed by atoms with Crippen molar-refractivity contribution < 1.29 is 9.59 Å².